The van der Waals surface area contributed by atoms with E-state index in [0.29, 0.717) is 5.75 Å². The Hall–Kier alpha value is -1.49. The number of rotatable bonds is 2. The molecule has 0 amide bonds. The van der Waals surface area contributed by atoms with Crippen LogP contribution >= 0.6 is 15.9 Å². The van der Waals surface area contributed by atoms with E-state index >= 15 is 0 Å². The molecule has 0 heterocycles. The van der Waals surface area contributed by atoms with E-state index in [1.54, 1.807) is 12.1 Å². The van der Waals surface area contributed by atoms with Gasteiger partial charge in [-0.15, -0.1) is 0 Å². The average Bonchev–Trinajstić information content (AvgIpc) is 2.36. The molecular weight excluding hydrogens is 357 g/mol. The standard InChI is InChI=1S/C17H16BrF3O/c1-16(2,3)14-8-7-13(10-15(14)18)22-12-6-4-5-11(9-12)17(19,20)21/h4-10H,1-3H3. The zero-order valence-corrected chi connectivity index (χ0v) is 14.0. The van der Waals surface area contributed by atoms with Crippen molar-refractivity contribution in [2.45, 2.75) is 32.4 Å². The predicted octanol–water partition coefficient (Wildman–Crippen LogP) is 6.56. The molecule has 0 aliphatic heterocycles. The first-order chi connectivity index (χ1) is 10.1. The van der Waals surface area contributed by atoms with Crippen LogP contribution in [-0.4, -0.2) is 0 Å². The molecule has 0 radical (unpaired) electrons. The lowest BCUT2D eigenvalue weighted by Gasteiger charge is -2.21. The van der Waals surface area contributed by atoms with Crippen LogP contribution in [0.3, 0.4) is 0 Å². The lowest BCUT2D eigenvalue weighted by Crippen LogP contribution is -2.11. The van der Waals surface area contributed by atoms with E-state index in [-0.39, 0.29) is 11.2 Å². The van der Waals surface area contributed by atoms with Crippen molar-refractivity contribution in [3.8, 4) is 11.5 Å². The van der Waals surface area contributed by atoms with Crippen molar-refractivity contribution in [1.82, 2.24) is 0 Å². The van der Waals surface area contributed by atoms with Crippen molar-refractivity contribution in [2.24, 2.45) is 0 Å². The first kappa shape index (κ1) is 16.9. The lowest BCUT2D eigenvalue weighted by molar-refractivity contribution is -0.137. The highest BCUT2D eigenvalue weighted by Gasteiger charge is 2.30. The summed E-state index contributed by atoms with van der Waals surface area (Å²) in [6.45, 7) is 6.25. The summed E-state index contributed by atoms with van der Waals surface area (Å²) >= 11 is 3.48. The summed E-state index contributed by atoms with van der Waals surface area (Å²) in [6.07, 6.45) is -4.38. The molecule has 2 aromatic carbocycles. The van der Waals surface area contributed by atoms with Gasteiger partial charge in [0.2, 0.25) is 0 Å². The number of alkyl halides is 3. The van der Waals surface area contributed by atoms with Gasteiger partial charge in [0.1, 0.15) is 11.5 Å². The minimum Gasteiger partial charge on any atom is -0.457 e. The summed E-state index contributed by atoms with van der Waals surface area (Å²) < 4.78 is 44.5. The minimum absolute atomic E-state index is 0.0342. The summed E-state index contributed by atoms with van der Waals surface area (Å²) in [6, 6.07) is 10.3. The van der Waals surface area contributed by atoms with Gasteiger partial charge in [-0.2, -0.15) is 13.2 Å². The zero-order chi connectivity index (χ0) is 16.5. The second kappa shape index (κ2) is 5.95. The monoisotopic (exact) mass is 372 g/mol. The van der Waals surface area contributed by atoms with Crippen molar-refractivity contribution in [3.63, 3.8) is 0 Å². The molecule has 0 atom stereocenters. The summed E-state index contributed by atoms with van der Waals surface area (Å²) in [5.74, 6) is 0.643. The number of benzene rings is 2. The molecule has 0 bridgehead atoms. The normalized spacial score (nSPS) is 12.3. The molecule has 0 N–H and O–H groups in total. The summed E-state index contributed by atoms with van der Waals surface area (Å²) in [7, 11) is 0. The van der Waals surface area contributed by atoms with Crippen LogP contribution in [0.4, 0.5) is 13.2 Å². The second-order valence-corrected chi connectivity index (χ2v) is 6.87. The van der Waals surface area contributed by atoms with Crippen LogP contribution < -0.4 is 4.74 Å². The highest BCUT2D eigenvalue weighted by atomic mass is 79.9. The zero-order valence-electron chi connectivity index (χ0n) is 12.5. The maximum Gasteiger partial charge on any atom is 0.416 e. The van der Waals surface area contributed by atoms with Gasteiger partial charge in [0.05, 0.1) is 5.56 Å². The third-order valence-electron chi connectivity index (χ3n) is 3.15. The van der Waals surface area contributed by atoms with E-state index in [4.69, 9.17) is 4.74 Å². The first-order valence-electron chi connectivity index (χ1n) is 6.72. The SMILES string of the molecule is CC(C)(C)c1ccc(Oc2cccc(C(F)(F)F)c2)cc1Br. The van der Waals surface area contributed by atoms with E-state index in [1.165, 1.54) is 12.1 Å². The lowest BCUT2D eigenvalue weighted by atomic mass is 9.87. The molecular formula is C17H16BrF3O. The van der Waals surface area contributed by atoms with Gasteiger partial charge >= 0.3 is 6.18 Å². The Kier molecular flexibility index (Phi) is 4.57. The summed E-state index contributed by atoms with van der Waals surface area (Å²) in [5.41, 5.74) is 0.340. The average molecular weight is 373 g/mol. The van der Waals surface area contributed by atoms with Gasteiger partial charge in [-0.1, -0.05) is 48.8 Å². The molecule has 0 fully saturated rings. The number of ether oxygens (including phenoxy) is 1. The molecule has 0 aliphatic carbocycles. The number of hydrogen-bond donors (Lipinski definition) is 0. The van der Waals surface area contributed by atoms with Gasteiger partial charge in [-0.05, 0) is 41.3 Å². The summed E-state index contributed by atoms with van der Waals surface area (Å²) in [5, 5.41) is 0. The van der Waals surface area contributed by atoms with Crippen molar-refractivity contribution in [1.29, 1.82) is 0 Å². The Morgan fingerprint density at radius 3 is 2.09 bits per heavy atom. The van der Waals surface area contributed by atoms with Crippen LogP contribution in [0.15, 0.2) is 46.9 Å². The Bertz CT molecular complexity index is 672. The molecule has 2 aromatic rings. The molecule has 0 aliphatic rings. The Morgan fingerprint density at radius 1 is 0.909 bits per heavy atom. The van der Waals surface area contributed by atoms with Gasteiger partial charge in [0, 0.05) is 4.47 Å². The molecule has 0 aromatic heterocycles. The molecule has 118 valence electrons. The van der Waals surface area contributed by atoms with Gasteiger partial charge < -0.3 is 4.74 Å². The molecule has 5 heteroatoms. The van der Waals surface area contributed by atoms with Gasteiger partial charge in [0.25, 0.3) is 0 Å². The van der Waals surface area contributed by atoms with Crippen LogP contribution in [0.25, 0.3) is 0 Å². The number of hydrogen-bond acceptors (Lipinski definition) is 1. The predicted molar refractivity (Wildman–Crippen MR) is 84.4 cm³/mol. The molecule has 22 heavy (non-hydrogen) atoms. The third-order valence-corrected chi connectivity index (χ3v) is 3.80. The topological polar surface area (TPSA) is 9.23 Å². The molecule has 0 spiro atoms. The van der Waals surface area contributed by atoms with Crippen molar-refractivity contribution in [2.75, 3.05) is 0 Å². The Morgan fingerprint density at radius 2 is 1.55 bits per heavy atom. The van der Waals surface area contributed by atoms with Crippen LogP contribution in [0.2, 0.25) is 0 Å². The van der Waals surface area contributed by atoms with E-state index in [0.717, 1.165) is 22.2 Å². The van der Waals surface area contributed by atoms with Crippen LogP contribution in [0.1, 0.15) is 31.9 Å². The molecule has 2 rings (SSSR count). The van der Waals surface area contributed by atoms with Crippen molar-refractivity contribution < 1.29 is 17.9 Å². The fourth-order valence-electron chi connectivity index (χ4n) is 2.04. The maximum absolute atomic E-state index is 12.7. The minimum atomic E-state index is -4.38. The van der Waals surface area contributed by atoms with E-state index in [9.17, 15) is 13.2 Å². The van der Waals surface area contributed by atoms with Gasteiger partial charge in [-0.25, -0.2) is 0 Å². The highest BCUT2D eigenvalue weighted by Crippen LogP contribution is 2.35. The largest absolute Gasteiger partial charge is 0.457 e. The number of halogens is 4. The maximum atomic E-state index is 12.7. The van der Waals surface area contributed by atoms with Crippen LogP contribution in [-0.2, 0) is 11.6 Å². The van der Waals surface area contributed by atoms with E-state index in [1.807, 2.05) is 6.07 Å². The second-order valence-electron chi connectivity index (χ2n) is 6.02. The molecule has 0 unspecified atom stereocenters. The Balaban J connectivity index is 2.27. The van der Waals surface area contributed by atoms with Crippen molar-refractivity contribution in [3.05, 3.63) is 58.1 Å². The summed E-state index contributed by atoms with van der Waals surface area (Å²) in [4.78, 5) is 0. The van der Waals surface area contributed by atoms with Crippen LogP contribution in [0.5, 0.6) is 11.5 Å². The van der Waals surface area contributed by atoms with Gasteiger partial charge in [-0.3, -0.25) is 0 Å². The highest BCUT2D eigenvalue weighted by molar-refractivity contribution is 9.10. The van der Waals surface area contributed by atoms with Gasteiger partial charge in [0.15, 0.2) is 0 Å². The molecule has 1 nitrogen and oxygen atoms in total. The fourth-order valence-corrected chi connectivity index (χ4v) is 2.99. The van der Waals surface area contributed by atoms with Crippen LogP contribution in [0, 0.1) is 0 Å². The fraction of sp³-hybridized carbons (Fsp3) is 0.294. The smallest absolute Gasteiger partial charge is 0.416 e. The molecule has 0 saturated carbocycles. The van der Waals surface area contributed by atoms with E-state index < -0.39 is 11.7 Å². The quantitative estimate of drug-likeness (QED) is 0.579. The molecule has 0 saturated heterocycles. The first-order valence-corrected chi connectivity index (χ1v) is 7.52. The van der Waals surface area contributed by atoms with E-state index in [2.05, 4.69) is 36.7 Å². The third kappa shape index (κ3) is 4.03. The Labute approximate surface area is 136 Å². The van der Waals surface area contributed by atoms with Crippen molar-refractivity contribution >= 4 is 15.9 Å².